The second kappa shape index (κ2) is 3.76. The van der Waals surface area contributed by atoms with E-state index in [4.69, 9.17) is 5.73 Å². The topological polar surface area (TPSA) is 63.8 Å². The lowest BCUT2D eigenvalue weighted by molar-refractivity contribution is 0.505. The molecule has 4 heteroatoms. The summed E-state index contributed by atoms with van der Waals surface area (Å²) in [4.78, 5) is 11.8. The van der Waals surface area contributed by atoms with E-state index in [1.54, 1.807) is 4.68 Å². The number of aromatic nitrogens is 2. The van der Waals surface area contributed by atoms with Gasteiger partial charge in [-0.2, -0.15) is 0 Å². The quantitative estimate of drug-likeness (QED) is 0.782. The van der Waals surface area contributed by atoms with Crippen molar-refractivity contribution in [1.82, 2.24) is 9.78 Å². The molecule has 15 heavy (non-hydrogen) atoms. The Bertz CT molecular complexity index is 396. The van der Waals surface area contributed by atoms with E-state index in [9.17, 15) is 4.79 Å². The van der Waals surface area contributed by atoms with Crippen LogP contribution in [-0.2, 0) is 0 Å². The van der Waals surface area contributed by atoms with Crippen LogP contribution in [0.15, 0.2) is 4.79 Å². The molecule has 84 valence electrons. The van der Waals surface area contributed by atoms with Crippen LogP contribution < -0.4 is 11.3 Å². The van der Waals surface area contributed by atoms with Gasteiger partial charge >= 0.3 is 0 Å². The predicted octanol–water partition coefficient (Wildman–Crippen LogP) is 2.00. The first-order valence-electron chi connectivity index (χ1n) is 5.71. The van der Waals surface area contributed by atoms with Gasteiger partial charge in [0.15, 0.2) is 0 Å². The first-order valence-corrected chi connectivity index (χ1v) is 5.71. The van der Waals surface area contributed by atoms with Crippen LogP contribution in [-0.4, -0.2) is 9.78 Å². The Morgan fingerprint density at radius 1 is 1.40 bits per heavy atom. The molecule has 4 nitrogen and oxygen atoms in total. The summed E-state index contributed by atoms with van der Waals surface area (Å²) in [6.07, 6.45) is 4.81. The summed E-state index contributed by atoms with van der Waals surface area (Å²) in [5.74, 6) is 0.470. The molecule has 1 heterocycles. The minimum Gasteiger partial charge on any atom is -0.393 e. The maximum atomic E-state index is 11.8. The van der Waals surface area contributed by atoms with Crippen molar-refractivity contribution in [3.8, 4) is 0 Å². The minimum atomic E-state index is -0.0631. The first kappa shape index (κ1) is 10.3. The van der Waals surface area contributed by atoms with Gasteiger partial charge < -0.3 is 5.73 Å². The standard InChI is InChI=1S/C11H19N3O/c1-7(2)14-11(15)9(12)10(13-14)8-5-3-4-6-8/h7-8,13H,3-6,12H2,1-2H3. The summed E-state index contributed by atoms with van der Waals surface area (Å²) in [5.41, 5.74) is 7.18. The van der Waals surface area contributed by atoms with Crippen LogP contribution in [0, 0.1) is 0 Å². The molecule has 1 saturated carbocycles. The third-order valence-corrected chi connectivity index (χ3v) is 3.26. The van der Waals surface area contributed by atoms with E-state index in [1.165, 1.54) is 12.8 Å². The predicted molar refractivity (Wildman–Crippen MR) is 61.1 cm³/mol. The van der Waals surface area contributed by atoms with Gasteiger partial charge in [-0.3, -0.25) is 9.89 Å². The third-order valence-electron chi connectivity index (χ3n) is 3.26. The number of hydrogen-bond donors (Lipinski definition) is 2. The highest BCUT2D eigenvalue weighted by atomic mass is 16.1. The van der Waals surface area contributed by atoms with Crippen LogP contribution in [0.25, 0.3) is 0 Å². The molecule has 0 aromatic carbocycles. The molecule has 3 N–H and O–H groups in total. The number of hydrogen-bond acceptors (Lipinski definition) is 2. The first-order chi connectivity index (χ1) is 7.11. The van der Waals surface area contributed by atoms with Crippen LogP contribution in [0.2, 0.25) is 0 Å². The Hall–Kier alpha value is -1.19. The molecular weight excluding hydrogens is 190 g/mol. The average molecular weight is 209 g/mol. The molecule has 0 aliphatic heterocycles. The SMILES string of the molecule is CC(C)n1[nH]c(C2CCCC2)c(N)c1=O. The molecule has 0 atom stereocenters. The number of nitrogens with zero attached hydrogens (tertiary/aromatic N) is 1. The van der Waals surface area contributed by atoms with E-state index in [1.807, 2.05) is 13.8 Å². The molecule has 1 aromatic rings. The van der Waals surface area contributed by atoms with E-state index in [0.717, 1.165) is 18.5 Å². The maximum Gasteiger partial charge on any atom is 0.290 e. The fourth-order valence-electron chi connectivity index (χ4n) is 2.38. The molecule has 0 unspecified atom stereocenters. The molecule has 1 aromatic heterocycles. The fraction of sp³-hybridized carbons (Fsp3) is 0.727. The van der Waals surface area contributed by atoms with Gasteiger partial charge in [-0.15, -0.1) is 0 Å². The minimum absolute atomic E-state index is 0.0631. The largest absolute Gasteiger partial charge is 0.393 e. The van der Waals surface area contributed by atoms with Crippen molar-refractivity contribution >= 4 is 5.69 Å². The smallest absolute Gasteiger partial charge is 0.290 e. The van der Waals surface area contributed by atoms with Crippen molar-refractivity contribution < 1.29 is 0 Å². The van der Waals surface area contributed by atoms with Crippen molar-refractivity contribution in [2.45, 2.75) is 51.5 Å². The molecular formula is C11H19N3O. The molecule has 1 aliphatic carbocycles. The zero-order valence-electron chi connectivity index (χ0n) is 9.42. The van der Waals surface area contributed by atoms with Crippen molar-refractivity contribution in [1.29, 1.82) is 0 Å². The van der Waals surface area contributed by atoms with Gasteiger partial charge in [0.05, 0.1) is 5.69 Å². The molecule has 1 aliphatic rings. The number of rotatable bonds is 2. The molecule has 1 fully saturated rings. The zero-order chi connectivity index (χ0) is 11.0. The lowest BCUT2D eigenvalue weighted by atomic mass is 10.0. The summed E-state index contributed by atoms with van der Waals surface area (Å²) in [5, 5.41) is 3.17. The van der Waals surface area contributed by atoms with Crippen LogP contribution >= 0.6 is 0 Å². The number of nitrogens with two attached hydrogens (primary N) is 1. The normalized spacial score (nSPS) is 17.8. The Morgan fingerprint density at radius 2 is 2.00 bits per heavy atom. The molecule has 0 saturated heterocycles. The van der Waals surface area contributed by atoms with Crippen LogP contribution in [0.5, 0.6) is 0 Å². The van der Waals surface area contributed by atoms with Crippen molar-refractivity contribution in [2.75, 3.05) is 5.73 Å². The monoisotopic (exact) mass is 209 g/mol. The maximum absolute atomic E-state index is 11.8. The number of aromatic amines is 1. The molecule has 0 amide bonds. The van der Waals surface area contributed by atoms with Gasteiger partial charge in [0.1, 0.15) is 5.69 Å². The Labute approximate surface area is 89.5 Å². The van der Waals surface area contributed by atoms with E-state index in [0.29, 0.717) is 11.6 Å². The summed E-state index contributed by atoms with van der Waals surface area (Å²) < 4.78 is 1.63. The van der Waals surface area contributed by atoms with E-state index >= 15 is 0 Å². The number of nitrogens with one attached hydrogen (secondary N) is 1. The van der Waals surface area contributed by atoms with Crippen LogP contribution in [0.4, 0.5) is 5.69 Å². The number of anilines is 1. The van der Waals surface area contributed by atoms with Gasteiger partial charge in [0.2, 0.25) is 0 Å². The lowest BCUT2D eigenvalue weighted by Crippen LogP contribution is -2.20. The molecule has 0 radical (unpaired) electrons. The van der Waals surface area contributed by atoms with Gasteiger partial charge in [0.25, 0.3) is 5.56 Å². The summed E-state index contributed by atoms with van der Waals surface area (Å²) >= 11 is 0. The van der Waals surface area contributed by atoms with Gasteiger partial charge in [0, 0.05) is 12.0 Å². The highest BCUT2D eigenvalue weighted by molar-refractivity contribution is 5.43. The zero-order valence-corrected chi connectivity index (χ0v) is 9.42. The van der Waals surface area contributed by atoms with Crippen LogP contribution in [0.3, 0.4) is 0 Å². The second-order valence-corrected chi connectivity index (χ2v) is 4.69. The molecule has 0 bridgehead atoms. The van der Waals surface area contributed by atoms with Gasteiger partial charge in [-0.1, -0.05) is 12.8 Å². The highest BCUT2D eigenvalue weighted by Crippen LogP contribution is 2.34. The lowest BCUT2D eigenvalue weighted by Gasteiger charge is -2.08. The third kappa shape index (κ3) is 1.68. The average Bonchev–Trinajstić information content (AvgIpc) is 2.77. The van der Waals surface area contributed by atoms with Crippen molar-refractivity contribution in [2.24, 2.45) is 0 Å². The summed E-state index contributed by atoms with van der Waals surface area (Å²) in [6, 6.07) is 0.148. The highest BCUT2D eigenvalue weighted by Gasteiger charge is 2.23. The number of H-pyrrole nitrogens is 1. The van der Waals surface area contributed by atoms with Gasteiger partial charge in [-0.25, -0.2) is 4.68 Å². The van der Waals surface area contributed by atoms with E-state index < -0.39 is 0 Å². The van der Waals surface area contributed by atoms with E-state index in [-0.39, 0.29) is 11.6 Å². The van der Waals surface area contributed by atoms with Gasteiger partial charge in [-0.05, 0) is 26.7 Å². The van der Waals surface area contributed by atoms with Crippen molar-refractivity contribution in [3.63, 3.8) is 0 Å². The molecule has 0 spiro atoms. The summed E-state index contributed by atoms with van der Waals surface area (Å²) in [7, 11) is 0. The van der Waals surface area contributed by atoms with Crippen LogP contribution in [0.1, 0.15) is 57.2 Å². The van der Waals surface area contributed by atoms with E-state index in [2.05, 4.69) is 5.10 Å². The Kier molecular flexibility index (Phi) is 2.59. The summed E-state index contributed by atoms with van der Waals surface area (Å²) in [6.45, 7) is 3.96. The number of nitrogen functional groups attached to an aromatic ring is 1. The van der Waals surface area contributed by atoms with Crippen molar-refractivity contribution in [3.05, 3.63) is 16.0 Å². The molecule has 2 rings (SSSR count). The fourth-order valence-corrected chi connectivity index (χ4v) is 2.38. The Balaban J connectivity index is 2.40. The second-order valence-electron chi connectivity index (χ2n) is 4.69. The Morgan fingerprint density at radius 3 is 2.47 bits per heavy atom.